The van der Waals surface area contributed by atoms with Gasteiger partial charge in [0, 0.05) is 73.0 Å². The van der Waals surface area contributed by atoms with Crippen LogP contribution in [-0.4, -0.2) is 35.4 Å². The summed E-state index contributed by atoms with van der Waals surface area (Å²) in [6, 6.07) is 12.1. The molecule has 5 rings (SSSR count). The van der Waals surface area contributed by atoms with Crippen molar-refractivity contribution in [1.29, 1.82) is 0 Å². The van der Waals surface area contributed by atoms with Gasteiger partial charge in [0.25, 0.3) is 0 Å². The number of anilines is 1. The zero-order valence-corrected chi connectivity index (χ0v) is 17.3. The molecule has 1 saturated heterocycles. The van der Waals surface area contributed by atoms with Gasteiger partial charge in [-0.25, -0.2) is 0 Å². The second kappa shape index (κ2) is 7.80. The van der Waals surface area contributed by atoms with E-state index in [-0.39, 0.29) is 11.8 Å². The number of nitrogens with one attached hydrogen (secondary N) is 1. The monoisotopic (exact) mass is 410 g/mol. The first-order chi connectivity index (χ1) is 15.1. The highest BCUT2D eigenvalue weighted by atomic mass is 16.2. The highest BCUT2D eigenvalue weighted by Gasteiger charge is 2.23. The fourth-order valence-electron chi connectivity index (χ4n) is 4.28. The minimum Gasteiger partial charge on any atom is -0.355 e. The Bertz CT molecular complexity index is 1210. The van der Waals surface area contributed by atoms with Crippen molar-refractivity contribution in [2.75, 3.05) is 18.5 Å². The Balaban J connectivity index is 1.47. The average molecular weight is 410 g/mol. The lowest BCUT2D eigenvalue weighted by atomic mass is 9.98. The average Bonchev–Trinajstić information content (AvgIpc) is 3.45. The lowest BCUT2D eigenvalue weighted by molar-refractivity contribution is -0.117. The largest absolute Gasteiger partial charge is 0.355 e. The van der Waals surface area contributed by atoms with Gasteiger partial charge >= 0.3 is 0 Å². The molecule has 0 unspecified atom stereocenters. The van der Waals surface area contributed by atoms with Crippen LogP contribution in [0.4, 0.5) is 5.69 Å². The van der Waals surface area contributed by atoms with E-state index in [4.69, 9.17) is 0 Å². The summed E-state index contributed by atoms with van der Waals surface area (Å²) < 4.78 is 0. The molecule has 6 nitrogen and oxygen atoms in total. The van der Waals surface area contributed by atoms with Gasteiger partial charge in [-0.15, -0.1) is 0 Å². The molecule has 0 atom stereocenters. The topological polar surface area (TPSA) is 75.2 Å². The number of carbonyl (C=O) groups is 2. The van der Waals surface area contributed by atoms with Crippen molar-refractivity contribution in [2.24, 2.45) is 0 Å². The molecular formula is C25H22N4O2. The van der Waals surface area contributed by atoms with Crippen LogP contribution in [0.25, 0.3) is 28.3 Å². The molecule has 1 fully saturated rings. The van der Waals surface area contributed by atoms with E-state index in [1.807, 2.05) is 53.7 Å². The quantitative estimate of drug-likeness (QED) is 0.713. The van der Waals surface area contributed by atoms with Gasteiger partial charge in [0.2, 0.25) is 11.8 Å². The van der Waals surface area contributed by atoms with E-state index in [0.717, 1.165) is 52.2 Å². The van der Waals surface area contributed by atoms with Gasteiger partial charge in [0.05, 0.1) is 5.69 Å². The van der Waals surface area contributed by atoms with Crippen LogP contribution in [0.3, 0.4) is 0 Å². The fraction of sp³-hybridized carbons (Fsp3) is 0.200. The molecule has 154 valence electrons. The van der Waals surface area contributed by atoms with E-state index in [9.17, 15) is 9.59 Å². The van der Waals surface area contributed by atoms with Crippen LogP contribution in [0, 0.1) is 0 Å². The molecule has 1 aliphatic carbocycles. The lowest BCUT2D eigenvalue weighted by Gasteiger charge is -2.16. The van der Waals surface area contributed by atoms with Crippen molar-refractivity contribution >= 4 is 23.6 Å². The molecule has 3 heterocycles. The number of nitrogens with zero attached hydrogens (tertiary/aromatic N) is 3. The van der Waals surface area contributed by atoms with Crippen molar-refractivity contribution in [2.45, 2.75) is 19.3 Å². The molecule has 1 aliphatic heterocycles. The summed E-state index contributed by atoms with van der Waals surface area (Å²) >= 11 is 0. The Morgan fingerprint density at radius 2 is 1.87 bits per heavy atom. The van der Waals surface area contributed by atoms with Gasteiger partial charge in [0.1, 0.15) is 0 Å². The Labute approximate surface area is 180 Å². The van der Waals surface area contributed by atoms with Crippen LogP contribution in [0.2, 0.25) is 0 Å². The number of likely N-dealkylation sites (N-methyl/N-ethyl adjacent to an activating group) is 1. The number of hydrogen-bond acceptors (Lipinski definition) is 4. The molecule has 6 heteroatoms. The number of benzene rings is 1. The molecular weight excluding hydrogens is 388 g/mol. The maximum atomic E-state index is 12.1. The van der Waals surface area contributed by atoms with Gasteiger partial charge in [-0.1, -0.05) is 12.1 Å². The summed E-state index contributed by atoms with van der Waals surface area (Å²) in [5.74, 6) is 0.111. The molecule has 2 aromatic heterocycles. The van der Waals surface area contributed by atoms with E-state index in [1.54, 1.807) is 13.2 Å². The first-order valence-corrected chi connectivity index (χ1v) is 10.4. The molecule has 3 aromatic rings. The zero-order chi connectivity index (χ0) is 21.4. The van der Waals surface area contributed by atoms with Gasteiger partial charge in [-0.2, -0.15) is 0 Å². The molecule has 2 aliphatic rings. The first kappa shape index (κ1) is 19.2. The zero-order valence-electron chi connectivity index (χ0n) is 17.3. The summed E-state index contributed by atoms with van der Waals surface area (Å²) in [6.45, 7) is 0.786. The third-order valence-corrected chi connectivity index (χ3v) is 5.90. The standard InChI is InChI=1S/C25H22N4O2/c1-26-25(31)17-12-22-21(8-9-28-23(22)13-17)19-11-18(14-27-15-19)16-4-6-20(7-5-16)29-10-2-3-24(29)30/h4-9,11-12,14-15H,2-3,10,13H2,1H3,(H,26,31). The normalized spacial score (nSPS) is 15.1. The minimum absolute atomic E-state index is 0.0765. The molecule has 0 radical (unpaired) electrons. The third-order valence-electron chi connectivity index (χ3n) is 5.90. The number of fused-ring (bicyclic) bond motifs is 1. The minimum atomic E-state index is -0.0765. The van der Waals surface area contributed by atoms with Crippen LogP contribution in [0.5, 0.6) is 0 Å². The predicted molar refractivity (Wildman–Crippen MR) is 120 cm³/mol. The Hall–Kier alpha value is -3.80. The van der Waals surface area contributed by atoms with Crippen molar-refractivity contribution in [3.63, 3.8) is 0 Å². The number of amides is 2. The second-order valence-corrected chi connectivity index (χ2v) is 7.80. The molecule has 0 saturated carbocycles. The van der Waals surface area contributed by atoms with Crippen LogP contribution < -0.4 is 10.2 Å². The lowest BCUT2D eigenvalue weighted by Crippen LogP contribution is -2.23. The molecule has 1 N–H and O–H groups in total. The van der Waals surface area contributed by atoms with Gasteiger partial charge in [-0.3, -0.25) is 19.6 Å². The smallest absolute Gasteiger partial charge is 0.247 e. The van der Waals surface area contributed by atoms with E-state index in [2.05, 4.69) is 21.4 Å². The predicted octanol–water partition coefficient (Wildman–Crippen LogP) is 3.62. The van der Waals surface area contributed by atoms with Crippen molar-refractivity contribution in [3.8, 4) is 22.3 Å². The molecule has 1 aromatic carbocycles. The summed E-state index contributed by atoms with van der Waals surface area (Å²) in [5.41, 5.74) is 7.56. The summed E-state index contributed by atoms with van der Waals surface area (Å²) in [7, 11) is 1.64. The van der Waals surface area contributed by atoms with E-state index < -0.39 is 0 Å². The first-order valence-electron chi connectivity index (χ1n) is 10.4. The molecule has 0 spiro atoms. The third kappa shape index (κ3) is 3.50. The number of pyridine rings is 2. The number of carbonyl (C=O) groups excluding carboxylic acids is 2. The van der Waals surface area contributed by atoms with Crippen molar-refractivity contribution in [1.82, 2.24) is 15.3 Å². The second-order valence-electron chi connectivity index (χ2n) is 7.80. The van der Waals surface area contributed by atoms with Gasteiger partial charge in [0.15, 0.2) is 0 Å². The fourth-order valence-corrected chi connectivity index (χ4v) is 4.28. The highest BCUT2D eigenvalue weighted by Crippen LogP contribution is 2.34. The summed E-state index contributed by atoms with van der Waals surface area (Å²) in [5, 5.41) is 2.69. The number of rotatable bonds is 4. The molecule has 31 heavy (non-hydrogen) atoms. The summed E-state index contributed by atoms with van der Waals surface area (Å²) in [4.78, 5) is 34.8. The maximum Gasteiger partial charge on any atom is 0.247 e. The SMILES string of the molecule is CNC(=O)C1=Cc2c(-c3cncc(-c4ccc(N5CCCC5=O)cc4)c3)ccnc2C1. The van der Waals surface area contributed by atoms with Crippen LogP contribution in [0.1, 0.15) is 24.1 Å². The van der Waals surface area contributed by atoms with Crippen molar-refractivity contribution < 1.29 is 9.59 Å². The van der Waals surface area contributed by atoms with Crippen molar-refractivity contribution in [3.05, 3.63) is 71.8 Å². The number of hydrogen-bond donors (Lipinski definition) is 1. The van der Waals surface area contributed by atoms with Gasteiger partial charge < -0.3 is 10.2 Å². The Morgan fingerprint density at radius 3 is 2.61 bits per heavy atom. The summed E-state index contributed by atoms with van der Waals surface area (Å²) in [6.07, 6.45) is 9.45. The Kier molecular flexibility index (Phi) is 4.82. The van der Waals surface area contributed by atoms with Gasteiger partial charge in [-0.05, 0) is 47.9 Å². The van der Waals surface area contributed by atoms with Crippen LogP contribution >= 0.6 is 0 Å². The van der Waals surface area contributed by atoms with Crippen LogP contribution in [-0.2, 0) is 16.0 Å². The maximum absolute atomic E-state index is 12.1. The van der Waals surface area contributed by atoms with E-state index in [1.165, 1.54) is 0 Å². The Morgan fingerprint density at radius 1 is 1.06 bits per heavy atom. The molecule has 0 bridgehead atoms. The molecule has 2 amide bonds. The van der Waals surface area contributed by atoms with E-state index in [0.29, 0.717) is 18.4 Å². The number of aromatic nitrogens is 2. The van der Waals surface area contributed by atoms with Crippen LogP contribution in [0.15, 0.2) is 60.6 Å². The highest BCUT2D eigenvalue weighted by molar-refractivity contribution is 6.01. The van der Waals surface area contributed by atoms with E-state index >= 15 is 0 Å².